The Balaban J connectivity index is 1.41. The number of esters is 1. The van der Waals surface area contributed by atoms with E-state index in [9.17, 15) is 9.59 Å². The van der Waals surface area contributed by atoms with E-state index in [4.69, 9.17) is 27.9 Å². The summed E-state index contributed by atoms with van der Waals surface area (Å²) in [5.41, 5.74) is 2.79. The van der Waals surface area contributed by atoms with E-state index in [1.807, 2.05) is 30.5 Å². The van der Waals surface area contributed by atoms with Crippen molar-refractivity contribution in [1.82, 2.24) is 10.3 Å². The fourth-order valence-electron chi connectivity index (χ4n) is 2.74. The number of H-pyrrole nitrogens is 1. The zero-order valence-electron chi connectivity index (χ0n) is 14.4. The van der Waals surface area contributed by atoms with Crippen LogP contribution >= 0.6 is 23.2 Å². The molecule has 0 fully saturated rings. The number of carbonyl (C=O) groups excluding carboxylic acids is 2. The first-order valence-electron chi connectivity index (χ1n) is 8.44. The second-order valence-electron chi connectivity index (χ2n) is 6.03. The van der Waals surface area contributed by atoms with Crippen LogP contribution in [0.4, 0.5) is 0 Å². The maximum Gasteiger partial charge on any atom is 0.310 e. The number of aromatic amines is 1. The summed E-state index contributed by atoms with van der Waals surface area (Å²) < 4.78 is 5.00. The number of para-hydroxylation sites is 1. The minimum absolute atomic E-state index is 0.0153. The summed E-state index contributed by atoms with van der Waals surface area (Å²) in [6.07, 6.45) is 2.61. The summed E-state index contributed by atoms with van der Waals surface area (Å²) >= 11 is 11.8. The first-order chi connectivity index (χ1) is 13.0. The fraction of sp³-hybridized carbons (Fsp3) is 0.200. The lowest BCUT2D eigenvalue weighted by atomic mass is 10.1. The number of carbonyl (C=O) groups is 2. The molecule has 140 valence electrons. The van der Waals surface area contributed by atoms with Gasteiger partial charge in [0.2, 0.25) is 0 Å². The Bertz CT molecular complexity index is 969. The Morgan fingerprint density at radius 2 is 1.89 bits per heavy atom. The lowest BCUT2D eigenvalue weighted by Crippen LogP contribution is -2.30. The van der Waals surface area contributed by atoms with E-state index >= 15 is 0 Å². The van der Waals surface area contributed by atoms with Gasteiger partial charge in [-0.2, -0.15) is 0 Å². The molecule has 0 aliphatic carbocycles. The van der Waals surface area contributed by atoms with Crippen molar-refractivity contribution in [2.75, 3.05) is 13.2 Å². The van der Waals surface area contributed by atoms with Gasteiger partial charge in [0, 0.05) is 33.7 Å². The lowest BCUT2D eigenvalue weighted by molar-refractivity contribution is -0.147. The summed E-state index contributed by atoms with van der Waals surface area (Å²) in [5.74, 6) is -0.864. The van der Waals surface area contributed by atoms with Crippen LogP contribution in [-0.4, -0.2) is 30.0 Å². The minimum atomic E-state index is -0.522. The van der Waals surface area contributed by atoms with Crippen LogP contribution < -0.4 is 5.32 Å². The van der Waals surface area contributed by atoms with Crippen LogP contribution in [0.15, 0.2) is 48.7 Å². The Labute approximate surface area is 166 Å². The molecule has 0 aliphatic rings. The number of fused-ring (bicyclic) bond motifs is 1. The zero-order chi connectivity index (χ0) is 19.2. The van der Waals surface area contributed by atoms with Crippen molar-refractivity contribution in [1.29, 1.82) is 0 Å². The smallest absolute Gasteiger partial charge is 0.310 e. The number of nitrogens with one attached hydrogen (secondary N) is 2. The van der Waals surface area contributed by atoms with Crippen LogP contribution in [0.2, 0.25) is 10.0 Å². The van der Waals surface area contributed by atoms with Gasteiger partial charge in [0.25, 0.3) is 5.91 Å². The van der Waals surface area contributed by atoms with E-state index in [1.165, 1.54) is 0 Å². The van der Waals surface area contributed by atoms with Gasteiger partial charge in [0.05, 0.1) is 6.42 Å². The van der Waals surface area contributed by atoms with Crippen molar-refractivity contribution in [3.63, 3.8) is 0 Å². The largest absolute Gasteiger partial charge is 0.455 e. The quantitative estimate of drug-likeness (QED) is 0.586. The number of hydrogen-bond acceptors (Lipinski definition) is 3. The number of amides is 1. The van der Waals surface area contributed by atoms with Crippen LogP contribution in [0.25, 0.3) is 10.9 Å². The average Bonchev–Trinajstić information content (AvgIpc) is 3.06. The van der Waals surface area contributed by atoms with E-state index in [2.05, 4.69) is 10.3 Å². The van der Waals surface area contributed by atoms with Crippen molar-refractivity contribution < 1.29 is 14.3 Å². The van der Waals surface area contributed by atoms with Crippen LogP contribution in [0.1, 0.15) is 11.1 Å². The van der Waals surface area contributed by atoms with Crippen LogP contribution in [0, 0.1) is 0 Å². The Kier molecular flexibility index (Phi) is 6.37. The van der Waals surface area contributed by atoms with Crippen molar-refractivity contribution in [3.8, 4) is 0 Å². The van der Waals surface area contributed by atoms with E-state index in [0.29, 0.717) is 28.6 Å². The molecule has 1 heterocycles. The van der Waals surface area contributed by atoms with E-state index < -0.39 is 5.97 Å². The first kappa shape index (κ1) is 19.3. The predicted molar refractivity (Wildman–Crippen MR) is 106 cm³/mol. The summed E-state index contributed by atoms with van der Waals surface area (Å²) in [4.78, 5) is 26.9. The number of aromatic nitrogens is 1. The Morgan fingerprint density at radius 1 is 1.07 bits per heavy atom. The topological polar surface area (TPSA) is 71.2 Å². The molecule has 0 aliphatic heterocycles. The van der Waals surface area contributed by atoms with Gasteiger partial charge in [-0.3, -0.25) is 9.59 Å². The summed E-state index contributed by atoms with van der Waals surface area (Å²) in [6, 6.07) is 12.8. The molecule has 27 heavy (non-hydrogen) atoms. The third-order valence-electron chi connectivity index (χ3n) is 4.11. The van der Waals surface area contributed by atoms with Gasteiger partial charge in [-0.15, -0.1) is 0 Å². The third-order valence-corrected chi connectivity index (χ3v) is 4.69. The molecule has 5 nitrogen and oxygen atoms in total. The van der Waals surface area contributed by atoms with Gasteiger partial charge in [-0.1, -0.05) is 47.5 Å². The minimum Gasteiger partial charge on any atom is -0.455 e. The maximum atomic E-state index is 11.9. The number of hydrogen-bond donors (Lipinski definition) is 2. The maximum absolute atomic E-state index is 11.9. The second-order valence-corrected chi connectivity index (χ2v) is 6.88. The zero-order valence-corrected chi connectivity index (χ0v) is 15.9. The number of ether oxygens (including phenoxy) is 1. The second kappa shape index (κ2) is 8.93. The van der Waals surface area contributed by atoms with Gasteiger partial charge in [0.1, 0.15) is 0 Å². The van der Waals surface area contributed by atoms with Gasteiger partial charge in [0.15, 0.2) is 6.61 Å². The monoisotopic (exact) mass is 404 g/mol. The highest BCUT2D eigenvalue weighted by atomic mass is 35.5. The average molecular weight is 405 g/mol. The molecule has 2 N–H and O–H groups in total. The normalized spacial score (nSPS) is 10.7. The molecule has 0 radical (unpaired) electrons. The van der Waals surface area contributed by atoms with Gasteiger partial charge >= 0.3 is 5.97 Å². The van der Waals surface area contributed by atoms with E-state index in [1.54, 1.807) is 18.2 Å². The van der Waals surface area contributed by atoms with Crippen molar-refractivity contribution in [2.24, 2.45) is 0 Å². The van der Waals surface area contributed by atoms with Gasteiger partial charge in [-0.05, 0) is 35.7 Å². The highest BCUT2D eigenvalue weighted by Crippen LogP contribution is 2.21. The van der Waals surface area contributed by atoms with Gasteiger partial charge < -0.3 is 15.0 Å². The van der Waals surface area contributed by atoms with Crippen molar-refractivity contribution in [3.05, 3.63) is 69.8 Å². The van der Waals surface area contributed by atoms with Crippen molar-refractivity contribution >= 4 is 46.0 Å². The Hall–Kier alpha value is -2.50. The Morgan fingerprint density at radius 3 is 2.70 bits per heavy atom. The molecule has 0 saturated heterocycles. The molecular formula is C20H18Cl2N2O3. The predicted octanol–water partition coefficient (Wildman–Crippen LogP) is 3.92. The lowest BCUT2D eigenvalue weighted by Gasteiger charge is -2.07. The first-order valence-corrected chi connectivity index (χ1v) is 9.20. The number of rotatable bonds is 7. The van der Waals surface area contributed by atoms with Crippen molar-refractivity contribution in [2.45, 2.75) is 12.8 Å². The molecule has 1 aromatic heterocycles. The molecule has 0 spiro atoms. The standard InChI is InChI=1S/C20H18Cl2N2O3/c21-15-6-5-13(17(22)10-15)9-20(26)27-12-19(25)23-8-7-14-11-24-18-4-2-1-3-16(14)18/h1-6,10-11,24H,7-9,12H2,(H,23,25). The molecule has 3 aromatic rings. The van der Waals surface area contributed by atoms with Gasteiger partial charge in [-0.25, -0.2) is 0 Å². The molecule has 7 heteroatoms. The summed E-state index contributed by atoms with van der Waals surface area (Å²) in [5, 5.41) is 4.77. The molecular weight excluding hydrogens is 387 g/mol. The molecule has 1 amide bonds. The fourth-order valence-corrected chi connectivity index (χ4v) is 3.22. The highest BCUT2D eigenvalue weighted by Gasteiger charge is 2.11. The molecule has 2 aromatic carbocycles. The van der Waals surface area contributed by atoms with Crippen LogP contribution in [0.3, 0.4) is 0 Å². The molecule has 0 unspecified atom stereocenters. The molecule has 0 saturated carbocycles. The summed E-state index contributed by atoms with van der Waals surface area (Å²) in [6.45, 7) is 0.138. The van der Waals surface area contributed by atoms with E-state index in [-0.39, 0.29) is 18.9 Å². The molecule has 3 rings (SSSR count). The highest BCUT2D eigenvalue weighted by molar-refractivity contribution is 6.35. The number of benzene rings is 2. The number of halogens is 2. The van der Waals surface area contributed by atoms with Crippen LogP contribution in [0.5, 0.6) is 0 Å². The molecule has 0 atom stereocenters. The van der Waals surface area contributed by atoms with Crippen LogP contribution in [-0.2, 0) is 27.2 Å². The third kappa shape index (κ3) is 5.25. The molecule has 0 bridgehead atoms. The summed E-state index contributed by atoms with van der Waals surface area (Å²) in [7, 11) is 0. The van der Waals surface area contributed by atoms with E-state index in [0.717, 1.165) is 16.5 Å². The SMILES string of the molecule is O=C(COC(=O)Cc1ccc(Cl)cc1Cl)NCCc1c[nH]c2ccccc12.